The minimum atomic E-state index is 0.0210. The van der Waals surface area contributed by atoms with E-state index in [1.165, 1.54) is 0 Å². The van der Waals surface area contributed by atoms with E-state index in [1.807, 2.05) is 82.3 Å². The molecule has 0 saturated carbocycles. The molecule has 1 aliphatic heterocycles. The number of benzene rings is 2. The van der Waals surface area contributed by atoms with E-state index < -0.39 is 0 Å². The Bertz CT molecular complexity index is 1580. The van der Waals surface area contributed by atoms with Gasteiger partial charge in [-0.15, -0.1) is 0 Å². The second kappa shape index (κ2) is 11.2. The van der Waals surface area contributed by atoms with E-state index in [9.17, 15) is 4.79 Å². The Balaban J connectivity index is 1.15. The summed E-state index contributed by atoms with van der Waals surface area (Å²) in [6.45, 7) is 1.96. The first kappa shape index (κ1) is 25.1. The summed E-state index contributed by atoms with van der Waals surface area (Å²) in [7, 11) is 0. The van der Waals surface area contributed by atoms with Crippen molar-refractivity contribution < 1.29 is 9.53 Å². The minimum absolute atomic E-state index is 0.0210. The molecule has 2 aromatic carbocycles. The van der Waals surface area contributed by atoms with Crippen molar-refractivity contribution in [3.8, 4) is 11.5 Å². The number of ether oxygens (including phenoxy) is 1. The molecule has 1 saturated heterocycles. The molecule has 0 spiro atoms. The Labute approximate surface area is 234 Å². The first-order chi connectivity index (χ1) is 19.1. The van der Waals surface area contributed by atoms with Gasteiger partial charge in [-0.3, -0.25) is 9.78 Å². The van der Waals surface area contributed by atoms with Gasteiger partial charge in [-0.05, 0) is 70.7 Å². The average Bonchev–Trinajstić information content (AvgIpc) is 3.37. The first-order valence-corrected chi connectivity index (χ1v) is 13.7. The molecule has 1 amide bonds. The van der Waals surface area contributed by atoms with Gasteiger partial charge in [-0.25, -0.2) is 4.98 Å². The second-order valence-electron chi connectivity index (χ2n) is 9.52. The number of para-hydroxylation sites is 1. The van der Waals surface area contributed by atoms with Gasteiger partial charge in [0.1, 0.15) is 17.3 Å². The normalized spacial score (nSPS) is 13.9. The van der Waals surface area contributed by atoms with Gasteiger partial charge in [-0.1, -0.05) is 30.3 Å². The van der Waals surface area contributed by atoms with E-state index in [0.717, 1.165) is 45.8 Å². The third-order valence-corrected chi connectivity index (χ3v) is 7.46. The van der Waals surface area contributed by atoms with Crippen LogP contribution in [0.3, 0.4) is 0 Å². The maximum absolute atomic E-state index is 13.3. The zero-order valence-corrected chi connectivity index (χ0v) is 22.8. The highest BCUT2D eigenvalue weighted by molar-refractivity contribution is 9.10. The highest BCUT2D eigenvalue weighted by atomic mass is 79.9. The number of hydrogen-bond donors (Lipinski definition) is 1. The van der Waals surface area contributed by atoms with E-state index in [4.69, 9.17) is 9.72 Å². The van der Waals surface area contributed by atoms with Crippen LogP contribution in [-0.4, -0.2) is 43.5 Å². The summed E-state index contributed by atoms with van der Waals surface area (Å²) < 4.78 is 8.59. The molecule has 9 heteroatoms. The Morgan fingerprint density at radius 1 is 0.974 bits per heavy atom. The van der Waals surface area contributed by atoms with Crippen LogP contribution < -0.4 is 10.1 Å². The van der Waals surface area contributed by atoms with Crippen LogP contribution in [0.15, 0.2) is 95.9 Å². The van der Waals surface area contributed by atoms with E-state index >= 15 is 0 Å². The van der Waals surface area contributed by atoms with Crippen molar-refractivity contribution >= 4 is 33.3 Å². The molecule has 0 radical (unpaired) electrons. The third kappa shape index (κ3) is 5.63. The van der Waals surface area contributed by atoms with Crippen molar-refractivity contribution in [3.63, 3.8) is 0 Å². The maximum atomic E-state index is 13.3. The number of amides is 1. The lowest BCUT2D eigenvalue weighted by molar-refractivity contribution is 0.0711. The lowest BCUT2D eigenvalue weighted by Gasteiger charge is -2.32. The average molecular weight is 583 g/mol. The van der Waals surface area contributed by atoms with Gasteiger partial charge in [0, 0.05) is 55.3 Å². The van der Waals surface area contributed by atoms with Crippen LogP contribution in [0.1, 0.15) is 40.4 Å². The maximum Gasteiger partial charge on any atom is 0.253 e. The highest BCUT2D eigenvalue weighted by Crippen LogP contribution is 2.31. The van der Waals surface area contributed by atoms with Crippen LogP contribution in [0.5, 0.6) is 11.5 Å². The second-order valence-corrected chi connectivity index (χ2v) is 10.4. The van der Waals surface area contributed by atoms with Crippen LogP contribution in [0.2, 0.25) is 0 Å². The van der Waals surface area contributed by atoms with Crippen molar-refractivity contribution in [2.45, 2.75) is 25.3 Å². The predicted molar refractivity (Wildman–Crippen MR) is 153 cm³/mol. The molecule has 8 nitrogen and oxygen atoms in total. The molecule has 39 heavy (non-hydrogen) atoms. The minimum Gasteiger partial charge on any atom is -0.457 e. The zero-order chi connectivity index (χ0) is 26.6. The van der Waals surface area contributed by atoms with Crippen molar-refractivity contribution in [2.24, 2.45) is 0 Å². The van der Waals surface area contributed by atoms with E-state index in [2.05, 4.69) is 37.4 Å². The number of anilines is 1. The van der Waals surface area contributed by atoms with E-state index in [0.29, 0.717) is 30.9 Å². The Hall–Kier alpha value is -4.24. The fraction of sp³-hybridized carbons (Fsp3) is 0.200. The molecular weight excluding hydrogens is 556 g/mol. The molecule has 5 aromatic rings. The summed E-state index contributed by atoms with van der Waals surface area (Å²) in [5.74, 6) is 2.53. The third-order valence-electron chi connectivity index (χ3n) is 6.91. The lowest BCUT2D eigenvalue weighted by atomic mass is 9.92. The highest BCUT2D eigenvalue weighted by Gasteiger charge is 2.27. The van der Waals surface area contributed by atoms with E-state index in [1.54, 1.807) is 12.4 Å². The van der Waals surface area contributed by atoms with Crippen molar-refractivity contribution in [3.05, 3.63) is 113 Å². The molecule has 0 aliphatic carbocycles. The number of carbonyl (C=O) groups is 1. The number of pyridine rings is 1. The summed E-state index contributed by atoms with van der Waals surface area (Å²) in [5, 5.41) is 7.98. The van der Waals surface area contributed by atoms with Gasteiger partial charge in [0.05, 0.1) is 10.7 Å². The summed E-state index contributed by atoms with van der Waals surface area (Å²) in [6.07, 6.45) is 7.05. The summed E-state index contributed by atoms with van der Waals surface area (Å²) in [5.41, 5.74) is 3.49. The van der Waals surface area contributed by atoms with Gasteiger partial charge in [0.2, 0.25) is 0 Å². The smallest absolute Gasteiger partial charge is 0.253 e. The van der Waals surface area contributed by atoms with Crippen LogP contribution >= 0.6 is 15.9 Å². The molecule has 1 aliphatic rings. The van der Waals surface area contributed by atoms with Gasteiger partial charge >= 0.3 is 0 Å². The van der Waals surface area contributed by atoms with Gasteiger partial charge in [0.25, 0.3) is 5.91 Å². The van der Waals surface area contributed by atoms with Crippen molar-refractivity contribution in [1.29, 1.82) is 0 Å². The van der Waals surface area contributed by atoms with Gasteiger partial charge in [-0.2, -0.15) is 9.61 Å². The largest absolute Gasteiger partial charge is 0.457 e. The lowest BCUT2D eigenvalue weighted by Crippen LogP contribution is -2.38. The summed E-state index contributed by atoms with van der Waals surface area (Å²) in [4.78, 5) is 24.4. The number of likely N-dealkylation sites (tertiary alicyclic amines) is 1. The van der Waals surface area contributed by atoms with Crippen LogP contribution in [0, 0.1) is 0 Å². The molecule has 0 unspecified atom stereocenters. The van der Waals surface area contributed by atoms with Gasteiger partial charge in [0.15, 0.2) is 5.65 Å². The van der Waals surface area contributed by atoms with Crippen LogP contribution in [0.4, 0.5) is 5.82 Å². The fourth-order valence-corrected chi connectivity index (χ4v) is 5.21. The standard InChI is InChI=1S/C30H27BrN6O2/c31-26-20-34-37-28(33-19-21-6-5-13-32-18-21)17-27(35-29(26)37)22-11-14-36(15-12-22)30(38)23-7-4-10-25(16-23)39-24-8-2-1-3-9-24/h1-10,13,16-18,20,22,33H,11-12,14-15,19H2. The number of aromatic nitrogens is 4. The Morgan fingerprint density at radius 2 is 1.79 bits per heavy atom. The summed E-state index contributed by atoms with van der Waals surface area (Å²) in [6, 6.07) is 23.0. The van der Waals surface area contributed by atoms with Crippen molar-refractivity contribution in [1.82, 2.24) is 24.5 Å². The summed E-state index contributed by atoms with van der Waals surface area (Å²) >= 11 is 3.59. The molecular formula is C30H27BrN6O2. The number of carbonyl (C=O) groups excluding carboxylic acids is 1. The molecule has 1 fully saturated rings. The van der Waals surface area contributed by atoms with Crippen LogP contribution in [-0.2, 0) is 6.54 Å². The topological polar surface area (TPSA) is 84.7 Å². The molecule has 4 heterocycles. The number of piperidine rings is 1. The van der Waals surface area contributed by atoms with E-state index in [-0.39, 0.29) is 11.8 Å². The Morgan fingerprint density at radius 3 is 2.59 bits per heavy atom. The number of fused-ring (bicyclic) bond motifs is 1. The van der Waals surface area contributed by atoms with Gasteiger partial charge < -0.3 is 15.0 Å². The number of halogens is 1. The number of nitrogens with zero attached hydrogens (tertiary/aromatic N) is 5. The molecule has 3 aromatic heterocycles. The number of nitrogens with one attached hydrogen (secondary N) is 1. The molecule has 0 bridgehead atoms. The molecule has 196 valence electrons. The quantitative estimate of drug-likeness (QED) is 0.242. The fourth-order valence-electron chi connectivity index (χ4n) is 4.86. The zero-order valence-electron chi connectivity index (χ0n) is 21.2. The first-order valence-electron chi connectivity index (χ1n) is 12.9. The Kier molecular flexibility index (Phi) is 7.23. The molecule has 0 atom stereocenters. The predicted octanol–water partition coefficient (Wildman–Crippen LogP) is 6.31. The molecule has 1 N–H and O–H groups in total. The number of hydrogen-bond acceptors (Lipinski definition) is 6. The molecule has 6 rings (SSSR count). The SMILES string of the molecule is O=C(c1cccc(Oc2ccccc2)c1)N1CCC(c2cc(NCc3cccnc3)n3ncc(Br)c3n2)CC1. The van der Waals surface area contributed by atoms with Crippen LogP contribution in [0.25, 0.3) is 5.65 Å². The van der Waals surface area contributed by atoms with Crippen molar-refractivity contribution in [2.75, 3.05) is 18.4 Å². The number of rotatable bonds is 7. The monoisotopic (exact) mass is 582 g/mol.